The average Bonchev–Trinajstić information content (AvgIpc) is 2.38. The van der Waals surface area contributed by atoms with E-state index in [-0.39, 0.29) is 18.2 Å². The van der Waals surface area contributed by atoms with Gasteiger partial charge in [0.25, 0.3) is 0 Å². The SMILES string of the molecule is CC(N)C(N)N1CCN(C2CCNCC2N)CC1. The Bertz CT molecular complexity index is 251. The molecule has 2 aliphatic heterocycles. The summed E-state index contributed by atoms with van der Waals surface area (Å²) in [7, 11) is 0. The van der Waals surface area contributed by atoms with E-state index in [1.165, 1.54) is 0 Å². The molecule has 0 bridgehead atoms. The summed E-state index contributed by atoms with van der Waals surface area (Å²) in [6.45, 7) is 8.10. The van der Waals surface area contributed by atoms with Crippen molar-refractivity contribution in [2.24, 2.45) is 17.2 Å². The fourth-order valence-corrected chi connectivity index (χ4v) is 3.02. The number of nitrogens with two attached hydrogens (primary N) is 3. The summed E-state index contributed by atoms with van der Waals surface area (Å²) in [4.78, 5) is 4.81. The molecule has 7 N–H and O–H groups in total. The van der Waals surface area contributed by atoms with Gasteiger partial charge in [-0.05, 0) is 19.9 Å². The van der Waals surface area contributed by atoms with E-state index >= 15 is 0 Å². The van der Waals surface area contributed by atoms with Crippen LogP contribution in [-0.2, 0) is 0 Å². The predicted octanol–water partition coefficient (Wildman–Crippen LogP) is -2.07. The standard InChI is InChI=1S/C12H28N6/c1-9(13)12(15)18-6-4-17(5-7-18)11-2-3-16-8-10(11)14/h9-12,16H,2-8,13-15H2,1H3. The Morgan fingerprint density at radius 2 is 1.83 bits per heavy atom. The Morgan fingerprint density at radius 1 is 1.17 bits per heavy atom. The van der Waals surface area contributed by atoms with E-state index in [9.17, 15) is 0 Å². The van der Waals surface area contributed by atoms with Crippen LogP contribution in [0.4, 0.5) is 0 Å². The highest BCUT2D eigenvalue weighted by Crippen LogP contribution is 2.14. The molecular formula is C12H28N6. The number of piperazine rings is 1. The minimum Gasteiger partial charge on any atom is -0.325 e. The van der Waals surface area contributed by atoms with Gasteiger partial charge >= 0.3 is 0 Å². The first-order valence-electron chi connectivity index (χ1n) is 7.05. The van der Waals surface area contributed by atoms with Gasteiger partial charge in [0.1, 0.15) is 0 Å². The molecule has 0 saturated carbocycles. The monoisotopic (exact) mass is 256 g/mol. The summed E-state index contributed by atoms with van der Waals surface area (Å²) in [5.41, 5.74) is 18.1. The summed E-state index contributed by atoms with van der Waals surface area (Å²) in [6.07, 6.45) is 1.13. The molecule has 4 atom stereocenters. The molecule has 6 nitrogen and oxygen atoms in total. The third kappa shape index (κ3) is 3.20. The van der Waals surface area contributed by atoms with Crippen molar-refractivity contribution in [3.05, 3.63) is 0 Å². The molecule has 0 amide bonds. The number of hydrogen-bond donors (Lipinski definition) is 4. The van der Waals surface area contributed by atoms with E-state index in [0.29, 0.717) is 6.04 Å². The van der Waals surface area contributed by atoms with Crippen molar-refractivity contribution in [2.45, 2.75) is 37.6 Å². The lowest BCUT2D eigenvalue weighted by Gasteiger charge is -2.45. The van der Waals surface area contributed by atoms with Crippen LogP contribution in [0.3, 0.4) is 0 Å². The van der Waals surface area contributed by atoms with Crippen LogP contribution in [0, 0.1) is 0 Å². The second-order valence-electron chi connectivity index (χ2n) is 5.65. The predicted molar refractivity (Wildman–Crippen MR) is 74.0 cm³/mol. The van der Waals surface area contributed by atoms with Crippen molar-refractivity contribution >= 4 is 0 Å². The highest BCUT2D eigenvalue weighted by Gasteiger charge is 2.31. The van der Waals surface area contributed by atoms with Crippen LogP contribution in [0.25, 0.3) is 0 Å². The quantitative estimate of drug-likeness (QED) is 0.463. The molecule has 2 fully saturated rings. The van der Waals surface area contributed by atoms with Gasteiger partial charge in [0.15, 0.2) is 0 Å². The lowest BCUT2D eigenvalue weighted by molar-refractivity contribution is 0.0484. The van der Waals surface area contributed by atoms with Crippen LogP contribution in [0.2, 0.25) is 0 Å². The molecule has 6 heteroatoms. The number of hydrogen-bond acceptors (Lipinski definition) is 6. The maximum Gasteiger partial charge on any atom is 0.0726 e. The zero-order chi connectivity index (χ0) is 13.1. The van der Waals surface area contributed by atoms with Crippen LogP contribution in [-0.4, -0.2) is 73.4 Å². The van der Waals surface area contributed by atoms with Gasteiger partial charge in [-0.15, -0.1) is 0 Å². The van der Waals surface area contributed by atoms with Crippen LogP contribution >= 0.6 is 0 Å². The van der Waals surface area contributed by atoms with E-state index in [1.807, 2.05) is 6.92 Å². The Balaban J connectivity index is 1.82. The first-order chi connectivity index (χ1) is 8.59. The zero-order valence-corrected chi connectivity index (χ0v) is 11.4. The molecule has 106 valence electrons. The van der Waals surface area contributed by atoms with Crippen molar-refractivity contribution in [2.75, 3.05) is 39.3 Å². The van der Waals surface area contributed by atoms with Gasteiger partial charge in [-0.3, -0.25) is 9.80 Å². The molecule has 0 aromatic heterocycles. The van der Waals surface area contributed by atoms with Gasteiger partial charge in [-0.1, -0.05) is 0 Å². The fraction of sp³-hybridized carbons (Fsp3) is 1.00. The van der Waals surface area contributed by atoms with Gasteiger partial charge in [0.2, 0.25) is 0 Å². The number of rotatable bonds is 3. The molecule has 2 rings (SSSR count). The van der Waals surface area contributed by atoms with Crippen molar-refractivity contribution < 1.29 is 0 Å². The van der Waals surface area contributed by atoms with Gasteiger partial charge in [0.05, 0.1) is 6.17 Å². The Kier molecular flexibility index (Phi) is 4.94. The molecule has 0 aliphatic carbocycles. The van der Waals surface area contributed by atoms with Gasteiger partial charge < -0.3 is 22.5 Å². The zero-order valence-electron chi connectivity index (χ0n) is 11.4. The van der Waals surface area contributed by atoms with Gasteiger partial charge in [0, 0.05) is 50.8 Å². The first-order valence-corrected chi connectivity index (χ1v) is 7.05. The normalized spacial score (nSPS) is 35.3. The second-order valence-corrected chi connectivity index (χ2v) is 5.65. The lowest BCUT2D eigenvalue weighted by Crippen LogP contribution is -2.63. The number of piperidine rings is 1. The van der Waals surface area contributed by atoms with Crippen molar-refractivity contribution in [3.8, 4) is 0 Å². The molecular weight excluding hydrogens is 228 g/mol. The summed E-state index contributed by atoms with van der Waals surface area (Å²) in [5.74, 6) is 0. The molecule has 0 aromatic rings. The van der Waals surface area contributed by atoms with E-state index < -0.39 is 0 Å². The van der Waals surface area contributed by atoms with E-state index in [2.05, 4.69) is 15.1 Å². The maximum absolute atomic E-state index is 6.19. The van der Waals surface area contributed by atoms with Crippen molar-refractivity contribution in [1.29, 1.82) is 0 Å². The molecule has 4 unspecified atom stereocenters. The number of nitrogens with one attached hydrogen (secondary N) is 1. The third-order valence-electron chi connectivity index (χ3n) is 4.27. The van der Waals surface area contributed by atoms with Crippen LogP contribution < -0.4 is 22.5 Å². The number of nitrogens with zero attached hydrogens (tertiary/aromatic N) is 2. The Hall–Kier alpha value is -0.240. The molecule has 2 saturated heterocycles. The smallest absolute Gasteiger partial charge is 0.0726 e. The van der Waals surface area contributed by atoms with E-state index in [1.54, 1.807) is 0 Å². The van der Waals surface area contributed by atoms with Crippen LogP contribution in [0.5, 0.6) is 0 Å². The van der Waals surface area contributed by atoms with E-state index in [0.717, 1.165) is 45.7 Å². The minimum absolute atomic E-state index is 0.0196. The topological polar surface area (TPSA) is 96.6 Å². The summed E-state index contributed by atoms with van der Waals surface area (Å²) < 4.78 is 0. The maximum atomic E-state index is 6.19. The summed E-state index contributed by atoms with van der Waals surface area (Å²) >= 11 is 0. The Labute approximate surface area is 110 Å². The van der Waals surface area contributed by atoms with Crippen molar-refractivity contribution in [3.63, 3.8) is 0 Å². The highest BCUT2D eigenvalue weighted by atomic mass is 15.3. The van der Waals surface area contributed by atoms with Gasteiger partial charge in [-0.2, -0.15) is 0 Å². The molecule has 2 aliphatic rings. The minimum atomic E-state index is -0.0196. The van der Waals surface area contributed by atoms with Crippen LogP contribution in [0.1, 0.15) is 13.3 Å². The molecule has 18 heavy (non-hydrogen) atoms. The summed E-state index contributed by atoms with van der Waals surface area (Å²) in [6, 6.07) is 0.810. The van der Waals surface area contributed by atoms with E-state index in [4.69, 9.17) is 17.2 Å². The molecule has 0 radical (unpaired) electrons. The Morgan fingerprint density at radius 3 is 2.39 bits per heavy atom. The van der Waals surface area contributed by atoms with Gasteiger partial charge in [-0.25, -0.2) is 0 Å². The average molecular weight is 256 g/mol. The lowest BCUT2D eigenvalue weighted by atomic mass is 9.99. The van der Waals surface area contributed by atoms with Crippen molar-refractivity contribution in [1.82, 2.24) is 15.1 Å². The second kappa shape index (κ2) is 6.27. The molecule has 2 heterocycles. The third-order valence-corrected chi connectivity index (χ3v) is 4.27. The fourth-order valence-electron chi connectivity index (χ4n) is 3.02. The molecule has 0 spiro atoms. The first kappa shape index (κ1) is 14.2. The van der Waals surface area contributed by atoms with Crippen LogP contribution in [0.15, 0.2) is 0 Å². The molecule has 0 aromatic carbocycles. The summed E-state index contributed by atoms with van der Waals surface area (Å²) in [5, 5.41) is 3.35. The highest BCUT2D eigenvalue weighted by molar-refractivity contribution is 4.91. The largest absolute Gasteiger partial charge is 0.325 e.